The number of hydrogen-bond acceptors (Lipinski definition) is 9. The van der Waals surface area contributed by atoms with Gasteiger partial charge in [0.1, 0.15) is 11.6 Å². The highest BCUT2D eigenvalue weighted by atomic mass is 19.1. The van der Waals surface area contributed by atoms with Gasteiger partial charge in [-0.2, -0.15) is 14.8 Å². The van der Waals surface area contributed by atoms with Crippen molar-refractivity contribution in [3.05, 3.63) is 76.5 Å². The number of hydrazone groups is 1. The topological polar surface area (TPSA) is 109 Å². The zero-order valence-corrected chi connectivity index (χ0v) is 24.3. The summed E-state index contributed by atoms with van der Waals surface area (Å²) >= 11 is 0. The van der Waals surface area contributed by atoms with Gasteiger partial charge in [-0.25, -0.2) is 4.39 Å². The molecular formula is C32H36FN9O. The lowest BCUT2D eigenvalue weighted by Gasteiger charge is -2.41. The first-order valence-corrected chi connectivity index (χ1v) is 15.0. The van der Waals surface area contributed by atoms with Crippen molar-refractivity contribution in [3.63, 3.8) is 0 Å². The molecule has 2 aliphatic carbocycles. The number of aromatic nitrogens is 3. The van der Waals surface area contributed by atoms with Crippen LogP contribution in [0.15, 0.2) is 65.3 Å². The third-order valence-corrected chi connectivity index (χ3v) is 8.73. The zero-order chi connectivity index (χ0) is 29.3. The molecule has 222 valence electrons. The Balaban J connectivity index is 1.04. The number of nitrogens with one attached hydrogen (secondary N) is 2. The molecule has 3 aromatic rings. The molecule has 2 fully saturated rings. The van der Waals surface area contributed by atoms with E-state index in [1.54, 1.807) is 7.11 Å². The normalized spacial score (nSPS) is 18.9. The minimum absolute atomic E-state index is 0.158. The Morgan fingerprint density at radius 2 is 1.88 bits per heavy atom. The number of hydrogen-bond donors (Lipinski definition) is 3. The summed E-state index contributed by atoms with van der Waals surface area (Å²) < 4.78 is 22.1. The van der Waals surface area contributed by atoms with Crippen molar-refractivity contribution >= 4 is 40.9 Å². The SMILES string of the molecule is COc1ccc2c(c1)=CC=CC1=CC(n3nc(Nc4ccc(N5CCN(C6CCCCC6)CC5)c(F)c4)nc3N)=NNC=21. The number of fused-ring (bicyclic) bond motifs is 2. The minimum atomic E-state index is -0.271. The van der Waals surface area contributed by atoms with Crippen LogP contribution in [0.1, 0.15) is 32.1 Å². The molecule has 2 aliphatic heterocycles. The van der Waals surface area contributed by atoms with E-state index in [0.29, 0.717) is 23.3 Å². The van der Waals surface area contributed by atoms with Gasteiger partial charge in [0.05, 0.1) is 18.5 Å². The van der Waals surface area contributed by atoms with Crippen LogP contribution in [-0.4, -0.2) is 64.8 Å². The summed E-state index contributed by atoms with van der Waals surface area (Å²) in [6.07, 6.45) is 14.5. The molecule has 11 heteroatoms. The fraction of sp³-hybridized carbons (Fsp3) is 0.344. The first-order valence-electron chi connectivity index (χ1n) is 15.0. The molecule has 1 saturated heterocycles. The quantitative estimate of drug-likeness (QED) is 0.422. The molecule has 0 atom stereocenters. The Morgan fingerprint density at radius 3 is 2.67 bits per heavy atom. The van der Waals surface area contributed by atoms with Gasteiger partial charge in [-0.15, -0.1) is 5.10 Å². The maximum absolute atomic E-state index is 15.3. The molecule has 4 N–H and O–H groups in total. The van der Waals surface area contributed by atoms with E-state index in [-0.39, 0.29) is 17.7 Å². The predicted octanol–water partition coefficient (Wildman–Crippen LogP) is 3.06. The second-order valence-corrected chi connectivity index (χ2v) is 11.3. The van der Waals surface area contributed by atoms with Crippen molar-refractivity contribution in [3.8, 4) is 5.75 Å². The monoisotopic (exact) mass is 581 g/mol. The summed E-state index contributed by atoms with van der Waals surface area (Å²) in [5.74, 6) is 1.41. The van der Waals surface area contributed by atoms with Gasteiger partial charge in [-0.05, 0) is 60.5 Å². The van der Waals surface area contributed by atoms with E-state index in [1.807, 2.05) is 54.6 Å². The number of allylic oxidation sites excluding steroid dienone is 2. The fourth-order valence-corrected chi connectivity index (χ4v) is 6.46. The average Bonchev–Trinajstić information content (AvgIpc) is 3.30. The van der Waals surface area contributed by atoms with E-state index in [4.69, 9.17) is 10.5 Å². The molecule has 4 aliphatic rings. The summed E-state index contributed by atoms with van der Waals surface area (Å²) in [4.78, 5) is 9.09. The number of benzene rings is 2. The van der Waals surface area contributed by atoms with Crippen LogP contribution in [0.2, 0.25) is 0 Å². The highest BCUT2D eigenvalue weighted by molar-refractivity contribution is 6.01. The van der Waals surface area contributed by atoms with Gasteiger partial charge < -0.3 is 20.7 Å². The molecule has 0 bridgehead atoms. The Bertz CT molecular complexity index is 1740. The molecule has 0 radical (unpaired) electrons. The number of nitrogens with two attached hydrogens (primary N) is 1. The van der Waals surface area contributed by atoms with Crippen LogP contribution in [0.5, 0.6) is 5.75 Å². The highest BCUT2D eigenvalue weighted by Crippen LogP contribution is 2.28. The number of nitrogen functional groups attached to an aromatic ring is 1. The summed E-state index contributed by atoms with van der Waals surface area (Å²) in [7, 11) is 1.65. The van der Waals surface area contributed by atoms with Gasteiger partial charge in [-0.3, -0.25) is 10.3 Å². The van der Waals surface area contributed by atoms with Gasteiger partial charge >= 0.3 is 0 Å². The van der Waals surface area contributed by atoms with Crippen LogP contribution in [0, 0.1) is 5.82 Å². The molecule has 3 heterocycles. The average molecular weight is 582 g/mol. The van der Waals surface area contributed by atoms with Crippen LogP contribution >= 0.6 is 0 Å². The van der Waals surface area contributed by atoms with Crippen LogP contribution in [0.25, 0.3) is 11.8 Å². The van der Waals surface area contributed by atoms with Crippen molar-refractivity contribution in [2.75, 3.05) is 49.2 Å². The third-order valence-electron chi connectivity index (χ3n) is 8.73. The van der Waals surface area contributed by atoms with Crippen molar-refractivity contribution in [1.82, 2.24) is 25.1 Å². The number of rotatable bonds is 5. The van der Waals surface area contributed by atoms with Crippen LogP contribution in [-0.2, 0) is 0 Å². The van der Waals surface area contributed by atoms with Gasteiger partial charge in [0.2, 0.25) is 11.9 Å². The lowest BCUT2D eigenvalue weighted by molar-refractivity contribution is 0.147. The lowest BCUT2D eigenvalue weighted by Crippen LogP contribution is -2.51. The summed E-state index contributed by atoms with van der Waals surface area (Å²) in [6, 6.07) is 11.8. The summed E-state index contributed by atoms with van der Waals surface area (Å²) in [5.41, 5.74) is 12.4. The smallest absolute Gasteiger partial charge is 0.248 e. The van der Waals surface area contributed by atoms with Crippen molar-refractivity contribution in [1.29, 1.82) is 0 Å². The van der Waals surface area contributed by atoms with E-state index in [2.05, 4.69) is 35.7 Å². The molecule has 1 saturated carbocycles. The maximum Gasteiger partial charge on any atom is 0.248 e. The van der Waals surface area contributed by atoms with E-state index < -0.39 is 0 Å². The molecule has 7 rings (SSSR count). The van der Waals surface area contributed by atoms with E-state index in [0.717, 1.165) is 53.6 Å². The second kappa shape index (κ2) is 11.6. The molecule has 43 heavy (non-hydrogen) atoms. The van der Waals surface area contributed by atoms with Crippen molar-refractivity contribution in [2.45, 2.75) is 38.1 Å². The Labute approximate surface area is 249 Å². The number of piperazine rings is 1. The molecule has 0 spiro atoms. The molecule has 0 unspecified atom stereocenters. The van der Waals surface area contributed by atoms with E-state index >= 15 is 4.39 Å². The summed E-state index contributed by atoms with van der Waals surface area (Å²) in [5, 5.41) is 14.1. The Kier molecular flexibility index (Phi) is 7.32. The Hall–Kier alpha value is -4.64. The van der Waals surface area contributed by atoms with E-state index in [9.17, 15) is 0 Å². The first-order chi connectivity index (χ1) is 21.1. The van der Waals surface area contributed by atoms with Crippen LogP contribution in [0.3, 0.4) is 0 Å². The molecule has 2 aromatic carbocycles. The number of halogens is 1. The number of ether oxygens (including phenoxy) is 1. The van der Waals surface area contributed by atoms with Gasteiger partial charge in [0.25, 0.3) is 0 Å². The first kappa shape index (κ1) is 27.2. The van der Waals surface area contributed by atoms with Crippen molar-refractivity contribution in [2.24, 2.45) is 5.10 Å². The number of methoxy groups -OCH3 is 1. The van der Waals surface area contributed by atoms with Gasteiger partial charge in [0.15, 0.2) is 5.84 Å². The zero-order valence-electron chi connectivity index (χ0n) is 24.3. The standard InChI is InChI=1S/C32H36FN9O/c1-43-25-11-12-26-21(18-25)6-5-7-22-19-29(37-38-30(22)26)42-31(34)36-32(39-42)35-23-10-13-28(27(33)20-23)41-16-14-40(15-17-41)24-8-3-2-4-9-24/h5-7,10-13,18-20,24,38H,2-4,8-9,14-17H2,1H3,(H3,34,35,36,39). The Morgan fingerprint density at radius 1 is 1.05 bits per heavy atom. The predicted molar refractivity (Wildman–Crippen MR) is 168 cm³/mol. The molecule has 1 aromatic heterocycles. The highest BCUT2D eigenvalue weighted by Gasteiger charge is 2.26. The summed E-state index contributed by atoms with van der Waals surface area (Å²) in [6.45, 7) is 3.63. The lowest BCUT2D eigenvalue weighted by atomic mass is 9.94. The largest absolute Gasteiger partial charge is 0.497 e. The van der Waals surface area contributed by atoms with Crippen molar-refractivity contribution < 1.29 is 9.13 Å². The third kappa shape index (κ3) is 5.48. The fourth-order valence-electron chi connectivity index (χ4n) is 6.46. The minimum Gasteiger partial charge on any atom is -0.497 e. The number of anilines is 4. The van der Waals surface area contributed by atoms with Gasteiger partial charge in [0, 0.05) is 48.7 Å². The van der Waals surface area contributed by atoms with Gasteiger partial charge in [-0.1, -0.05) is 37.5 Å². The van der Waals surface area contributed by atoms with E-state index in [1.165, 1.54) is 42.9 Å². The second-order valence-electron chi connectivity index (χ2n) is 11.3. The number of nitrogens with zero attached hydrogens (tertiary/aromatic N) is 6. The molecule has 0 amide bonds. The maximum atomic E-state index is 15.3. The molecular weight excluding hydrogens is 545 g/mol. The molecule has 10 nitrogen and oxygen atoms in total. The van der Waals surface area contributed by atoms with Crippen LogP contribution in [0.4, 0.5) is 27.7 Å². The van der Waals surface area contributed by atoms with Crippen LogP contribution < -0.4 is 36.6 Å².